The van der Waals surface area contributed by atoms with Gasteiger partial charge in [-0.1, -0.05) is 0 Å². The number of aliphatic hydroxyl groups is 1. The summed E-state index contributed by atoms with van der Waals surface area (Å²) in [5.74, 6) is 0.783. The normalized spacial score (nSPS) is 21.4. The van der Waals surface area contributed by atoms with Crippen molar-refractivity contribution in [2.45, 2.75) is 6.10 Å². The Morgan fingerprint density at radius 2 is 2.50 bits per heavy atom. The lowest BCUT2D eigenvalue weighted by Crippen LogP contribution is -2.27. The van der Waals surface area contributed by atoms with Crippen LogP contribution in [0.5, 0.6) is 0 Å². The topological polar surface area (TPSA) is 54.7 Å². The largest absolute Gasteiger partial charge is 0.441 e. The number of anilines is 1. The molecule has 0 aliphatic carbocycles. The average Bonchev–Trinajstić information content (AvgIpc) is 2.72. The SMILES string of the molecule is Cn1cccc1N1C[C@H](CO)OC1=O. The molecule has 5 heteroatoms. The van der Waals surface area contributed by atoms with E-state index in [9.17, 15) is 4.79 Å². The van der Waals surface area contributed by atoms with Crippen LogP contribution in [0.15, 0.2) is 18.3 Å². The number of hydrogen-bond acceptors (Lipinski definition) is 3. The molecule has 5 nitrogen and oxygen atoms in total. The monoisotopic (exact) mass is 196 g/mol. The summed E-state index contributed by atoms with van der Waals surface area (Å²) in [5.41, 5.74) is 0. The van der Waals surface area contributed by atoms with Crippen LogP contribution in [0.25, 0.3) is 0 Å². The van der Waals surface area contributed by atoms with Crippen molar-refractivity contribution < 1.29 is 14.6 Å². The zero-order valence-corrected chi connectivity index (χ0v) is 7.88. The van der Waals surface area contributed by atoms with Gasteiger partial charge in [0.1, 0.15) is 11.9 Å². The van der Waals surface area contributed by atoms with Crippen LogP contribution in [0.3, 0.4) is 0 Å². The fourth-order valence-corrected chi connectivity index (χ4v) is 1.54. The van der Waals surface area contributed by atoms with Crippen LogP contribution >= 0.6 is 0 Å². The third-order valence-corrected chi connectivity index (χ3v) is 2.27. The van der Waals surface area contributed by atoms with Crippen LogP contribution in [0.1, 0.15) is 0 Å². The number of carbonyl (C=O) groups is 1. The number of amides is 1. The van der Waals surface area contributed by atoms with Gasteiger partial charge in [0, 0.05) is 13.2 Å². The third kappa shape index (κ3) is 1.35. The third-order valence-electron chi connectivity index (χ3n) is 2.27. The van der Waals surface area contributed by atoms with Crippen LogP contribution in [0, 0.1) is 0 Å². The van der Waals surface area contributed by atoms with Crippen molar-refractivity contribution in [3.8, 4) is 0 Å². The molecule has 0 aromatic carbocycles. The first kappa shape index (κ1) is 9.08. The fraction of sp³-hybridized carbons (Fsp3) is 0.444. The summed E-state index contributed by atoms with van der Waals surface area (Å²) >= 11 is 0. The molecule has 2 heterocycles. The predicted octanol–water partition coefficient (Wildman–Crippen LogP) is 0.343. The van der Waals surface area contributed by atoms with Crippen molar-refractivity contribution in [1.29, 1.82) is 0 Å². The number of aliphatic hydroxyl groups excluding tert-OH is 1. The zero-order valence-electron chi connectivity index (χ0n) is 7.88. The highest BCUT2D eigenvalue weighted by molar-refractivity contribution is 5.88. The number of cyclic esters (lactones) is 1. The molecule has 1 fully saturated rings. The van der Waals surface area contributed by atoms with Gasteiger partial charge in [-0.2, -0.15) is 0 Å². The van der Waals surface area contributed by atoms with Crippen molar-refractivity contribution in [3.05, 3.63) is 18.3 Å². The molecule has 0 unspecified atom stereocenters. The second kappa shape index (κ2) is 3.34. The number of aromatic nitrogens is 1. The van der Waals surface area contributed by atoms with E-state index in [2.05, 4.69) is 0 Å². The van der Waals surface area contributed by atoms with Gasteiger partial charge < -0.3 is 14.4 Å². The maximum atomic E-state index is 11.4. The zero-order chi connectivity index (χ0) is 10.1. The molecule has 0 saturated carbocycles. The Hall–Kier alpha value is -1.49. The van der Waals surface area contributed by atoms with E-state index in [0.29, 0.717) is 6.54 Å². The molecular formula is C9H12N2O3. The molecular weight excluding hydrogens is 184 g/mol. The van der Waals surface area contributed by atoms with E-state index in [1.54, 1.807) is 0 Å². The molecule has 1 aliphatic rings. The molecule has 14 heavy (non-hydrogen) atoms. The molecule has 1 atom stereocenters. The standard InChI is InChI=1S/C9H12N2O3/c1-10-4-2-3-8(10)11-5-7(6-12)14-9(11)13/h2-4,7,12H,5-6H2,1H3/t7-/m1/s1. The van der Waals surface area contributed by atoms with Gasteiger partial charge in [0.2, 0.25) is 0 Å². The average molecular weight is 196 g/mol. The van der Waals surface area contributed by atoms with Gasteiger partial charge in [0.05, 0.1) is 13.2 Å². The van der Waals surface area contributed by atoms with E-state index in [4.69, 9.17) is 9.84 Å². The molecule has 1 saturated heterocycles. The van der Waals surface area contributed by atoms with Crippen LogP contribution < -0.4 is 4.90 Å². The van der Waals surface area contributed by atoms with Crippen molar-refractivity contribution >= 4 is 11.9 Å². The minimum atomic E-state index is -0.405. The summed E-state index contributed by atoms with van der Waals surface area (Å²) in [6, 6.07) is 3.69. The number of carbonyl (C=O) groups excluding carboxylic acids is 1. The minimum Gasteiger partial charge on any atom is -0.441 e. The van der Waals surface area contributed by atoms with Gasteiger partial charge in [-0.15, -0.1) is 0 Å². The van der Waals surface area contributed by atoms with E-state index >= 15 is 0 Å². The summed E-state index contributed by atoms with van der Waals surface area (Å²) in [4.78, 5) is 12.9. The molecule has 1 aromatic heterocycles. The van der Waals surface area contributed by atoms with E-state index in [1.165, 1.54) is 4.90 Å². The number of ether oxygens (including phenoxy) is 1. The number of aryl methyl sites for hydroxylation is 1. The van der Waals surface area contributed by atoms with E-state index in [-0.39, 0.29) is 6.61 Å². The summed E-state index contributed by atoms with van der Waals surface area (Å²) in [6.45, 7) is 0.278. The van der Waals surface area contributed by atoms with Gasteiger partial charge in [0.25, 0.3) is 0 Å². The first-order valence-corrected chi connectivity index (χ1v) is 4.42. The first-order chi connectivity index (χ1) is 6.72. The second-order valence-corrected chi connectivity index (χ2v) is 3.28. The van der Waals surface area contributed by atoms with Crippen LogP contribution in [-0.4, -0.2) is 35.0 Å². The first-order valence-electron chi connectivity index (χ1n) is 4.42. The number of hydrogen-bond donors (Lipinski definition) is 1. The van der Waals surface area contributed by atoms with Gasteiger partial charge in [-0.05, 0) is 12.1 Å². The lowest BCUT2D eigenvalue weighted by molar-refractivity contribution is 0.0963. The summed E-state index contributed by atoms with van der Waals surface area (Å²) < 4.78 is 6.76. The molecule has 2 rings (SSSR count). The lowest BCUT2D eigenvalue weighted by Gasteiger charge is -2.12. The molecule has 1 N–H and O–H groups in total. The number of nitrogens with zero attached hydrogens (tertiary/aromatic N) is 2. The molecule has 0 spiro atoms. The highest BCUT2D eigenvalue weighted by Crippen LogP contribution is 2.20. The molecule has 1 amide bonds. The highest BCUT2D eigenvalue weighted by Gasteiger charge is 2.32. The molecule has 1 aliphatic heterocycles. The van der Waals surface area contributed by atoms with E-state index in [1.807, 2.05) is 29.9 Å². The molecule has 1 aromatic rings. The van der Waals surface area contributed by atoms with Crippen molar-refractivity contribution in [1.82, 2.24) is 4.57 Å². The van der Waals surface area contributed by atoms with Crippen molar-refractivity contribution in [2.24, 2.45) is 7.05 Å². The lowest BCUT2D eigenvalue weighted by atomic mass is 10.4. The summed E-state index contributed by atoms with van der Waals surface area (Å²) in [5, 5.41) is 8.86. The maximum absolute atomic E-state index is 11.4. The van der Waals surface area contributed by atoms with Crippen molar-refractivity contribution in [2.75, 3.05) is 18.1 Å². The van der Waals surface area contributed by atoms with Crippen LogP contribution in [0.4, 0.5) is 10.6 Å². The quantitative estimate of drug-likeness (QED) is 0.742. The second-order valence-electron chi connectivity index (χ2n) is 3.28. The smallest absolute Gasteiger partial charge is 0.415 e. The Labute approximate surface area is 81.5 Å². The fourth-order valence-electron chi connectivity index (χ4n) is 1.54. The van der Waals surface area contributed by atoms with Gasteiger partial charge >= 0.3 is 6.09 Å². The van der Waals surface area contributed by atoms with Gasteiger partial charge in [0.15, 0.2) is 0 Å². The minimum absolute atomic E-state index is 0.132. The van der Waals surface area contributed by atoms with Crippen molar-refractivity contribution in [3.63, 3.8) is 0 Å². The Morgan fingerprint density at radius 3 is 3.00 bits per heavy atom. The Balaban J connectivity index is 2.20. The Morgan fingerprint density at radius 1 is 1.71 bits per heavy atom. The molecule has 0 radical (unpaired) electrons. The maximum Gasteiger partial charge on any atom is 0.415 e. The van der Waals surface area contributed by atoms with E-state index in [0.717, 1.165) is 5.82 Å². The van der Waals surface area contributed by atoms with Gasteiger partial charge in [-0.25, -0.2) is 4.79 Å². The molecule has 0 bridgehead atoms. The molecule has 76 valence electrons. The summed E-state index contributed by atoms with van der Waals surface area (Å²) in [7, 11) is 1.86. The van der Waals surface area contributed by atoms with Crippen LogP contribution in [-0.2, 0) is 11.8 Å². The number of rotatable bonds is 2. The predicted molar refractivity (Wildman–Crippen MR) is 50.1 cm³/mol. The summed E-state index contributed by atoms with van der Waals surface area (Å²) in [6.07, 6.45) is 1.05. The van der Waals surface area contributed by atoms with Gasteiger partial charge in [-0.3, -0.25) is 4.90 Å². The Kier molecular flexibility index (Phi) is 2.17. The van der Waals surface area contributed by atoms with Crippen LogP contribution in [0.2, 0.25) is 0 Å². The Bertz CT molecular complexity index is 348. The van der Waals surface area contributed by atoms with E-state index < -0.39 is 12.2 Å². The highest BCUT2D eigenvalue weighted by atomic mass is 16.6.